The molecule has 3 rings (SSSR count). The summed E-state index contributed by atoms with van der Waals surface area (Å²) < 4.78 is 3.34. The molecule has 0 spiro atoms. The standard InChI is InChI=1S/C15H13N5O3S/c1-18-7-5-16-14(18)13(21)10-3-4-12(11(9-10)20(22)23)24-15-17-6-8-19(15)2/h3-9H,1-2H3. The van der Waals surface area contributed by atoms with E-state index < -0.39 is 4.92 Å². The van der Waals surface area contributed by atoms with Gasteiger partial charge in [-0.2, -0.15) is 0 Å². The van der Waals surface area contributed by atoms with Crippen molar-refractivity contribution in [1.82, 2.24) is 19.1 Å². The van der Waals surface area contributed by atoms with Crippen LogP contribution in [0.3, 0.4) is 0 Å². The lowest BCUT2D eigenvalue weighted by molar-refractivity contribution is -0.387. The van der Waals surface area contributed by atoms with Crippen molar-refractivity contribution in [3.8, 4) is 0 Å². The molecule has 0 atom stereocenters. The number of rotatable bonds is 5. The molecule has 122 valence electrons. The molecule has 0 aliphatic heterocycles. The Labute approximate surface area is 141 Å². The third kappa shape index (κ3) is 2.93. The monoisotopic (exact) mass is 343 g/mol. The maximum absolute atomic E-state index is 12.5. The molecule has 1 aromatic carbocycles. The number of nitrogens with zero attached hydrogens (tertiary/aromatic N) is 5. The third-order valence-electron chi connectivity index (χ3n) is 3.42. The zero-order valence-corrected chi connectivity index (χ0v) is 13.7. The molecule has 0 unspecified atom stereocenters. The number of carbonyl (C=O) groups excluding carboxylic acids is 1. The minimum absolute atomic E-state index is 0.136. The molecule has 0 aliphatic carbocycles. The molecule has 0 fully saturated rings. The van der Waals surface area contributed by atoms with Crippen LogP contribution >= 0.6 is 11.8 Å². The van der Waals surface area contributed by atoms with Crippen molar-refractivity contribution < 1.29 is 9.72 Å². The third-order valence-corrected chi connectivity index (χ3v) is 4.56. The minimum atomic E-state index is -0.500. The highest BCUT2D eigenvalue weighted by Crippen LogP contribution is 2.34. The smallest absolute Gasteiger partial charge is 0.284 e. The quantitative estimate of drug-likeness (QED) is 0.401. The van der Waals surface area contributed by atoms with Gasteiger partial charge < -0.3 is 9.13 Å². The van der Waals surface area contributed by atoms with Crippen molar-refractivity contribution in [2.45, 2.75) is 10.1 Å². The van der Waals surface area contributed by atoms with Gasteiger partial charge in [-0.25, -0.2) is 9.97 Å². The Hall–Kier alpha value is -2.94. The van der Waals surface area contributed by atoms with Crippen LogP contribution in [-0.4, -0.2) is 29.8 Å². The number of hydrogen-bond acceptors (Lipinski definition) is 6. The number of carbonyl (C=O) groups is 1. The lowest BCUT2D eigenvalue weighted by Crippen LogP contribution is -2.09. The molecule has 0 N–H and O–H groups in total. The number of hydrogen-bond donors (Lipinski definition) is 0. The number of imidazole rings is 2. The van der Waals surface area contributed by atoms with Crippen LogP contribution in [0.2, 0.25) is 0 Å². The summed E-state index contributed by atoms with van der Waals surface area (Å²) in [7, 11) is 3.50. The normalized spacial score (nSPS) is 10.8. The highest BCUT2D eigenvalue weighted by molar-refractivity contribution is 7.99. The van der Waals surface area contributed by atoms with Crippen molar-refractivity contribution >= 4 is 23.2 Å². The number of aromatic nitrogens is 4. The van der Waals surface area contributed by atoms with E-state index in [1.165, 1.54) is 24.0 Å². The lowest BCUT2D eigenvalue weighted by atomic mass is 10.1. The van der Waals surface area contributed by atoms with Crippen LogP contribution in [-0.2, 0) is 14.1 Å². The van der Waals surface area contributed by atoms with E-state index >= 15 is 0 Å². The van der Waals surface area contributed by atoms with Crippen LogP contribution in [0, 0.1) is 10.1 Å². The van der Waals surface area contributed by atoms with Gasteiger partial charge in [0.2, 0.25) is 5.78 Å². The Balaban J connectivity index is 1.99. The van der Waals surface area contributed by atoms with Gasteiger partial charge >= 0.3 is 0 Å². The van der Waals surface area contributed by atoms with Crippen molar-refractivity contribution in [3.63, 3.8) is 0 Å². The summed E-state index contributed by atoms with van der Waals surface area (Å²) in [6.45, 7) is 0. The van der Waals surface area contributed by atoms with Crippen LogP contribution in [0.5, 0.6) is 0 Å². The number of nitro groups is 1. The summed E-state index contributed by atoms with van der Waals surface area (Å²) in [5.74, 6) is -0.132. The fraction of sp³-hybridized carbons (Fsp3) is 0.133. The highest BCUT2D eigenvalue weighted by Gasteiger charge is 2.21. The Morgan fingerprint density at radius 1 is 1.17 bits per heavy atom. The van der Waals surface area contributed by atoms with Crippen LogP contribution in [0.1, 0.15) is 16.2 Å². The average molecular weight is 343 g/mol. The summed E-state index contributed by atoms with van der Waals surface area (Å²) in [6, 6.07) is 4.41. The van der Waals surface area contributed by atoms with Gasteiger partial charge in [0.25, 0.3) is 5.69 Å². The molecule has 2 heterocycles. The summed E-state index contributed by atoms with van der Waals surface area (Å²) >= 11 is 1.17. The fourth-order valence-electron chi connectivity index (χ4n) is 2.15. The SMILES string of the molecule is Cn1ccnc1Sc1ccc(C(=O)c2nccn2C)cc1[N+](=O)[O-]. The number of benzene rings is 1. The van der Waals surface area contributed by atoms with Crippen LogP contribution in [0.25, 0.3) is 0 Å². The number of nitro benzene ring substituents is 1. The Bertz CT molecular complexity index is 931. The molecule has 0 aliphatic rings. The Kier molecular flexibility index (Phi) is 4.17. The Morgan fingerprint density at radius 3 is 2.46 bits per heavy atom. The van der Waals surface area contributed by atoms with Gasteiger partial charge in [-0.05, 0) is 23.9 Å². The summed E-state index contributed by atoms with van der Waals surface area (Å²) in [5.41, 5.74) is 0.0863. The minimum Gasteiger partial charge on any atom is -0.331 e. The first-order valence-electron chi connectivity index (χ1n) is 6.93. The topological polar surface area (TPSA) is 95.8 Å². The van der Waals surface area contributed by atoms with Gasteiger partial charge in [0.15, 0.2) is 11.0 Å². The van der Waals surface area contributed by atoms with Crippen LogP contribution < -0.4 is 0 Å². The summed E-state index contributed by atoms with van der Waals surface area (Å²) in [6.07, 6.45) is 6.53. The van der Waals surface area contributed by atoms with E-state index in [1.807, 2.05) is 0 Å². The van der Waals surface area contributed by atoms with Crippen molar-refractivity contribution in [1.29, 1.82) is 0 Å². The predicted molar refractivity (Wildman–Crippen MR) is 87.1 cm³/mol. The van der Waals surface area contributed by atoms with Crippen molar-refractivity contribution in [2.75, 3.05) is 0 Å². The molecule has 0 saturated carbocycles. The molecule has 0 bridgehead atoms. The van der Waals surface area contributed by atoms with Crippen molar-refractivity contribution in [2.24, 2.45) is 14.1 Å². The van der Waals surface area contributed by atoms with Crippen LogP contribution in [0.15, 0.2) is 53.0 Å². The molecular weight excluding hydrogens is 330 g/mol. The maximum Gasteiger partial charge on any atom is 0.284 e. The van der Waals surface area contributed by atoms with E-state index in [2.05, 4.69) is 9.97 Å². The molecule has 8 nitrogen and oxygen atoms in total. The second-order valence-corrected chi connectivity index (χ2v) is 6.06. The van der Waals surface area contributed by atoms with E-state index in [0.717, 1.165) is 0 Å². The van der Waals surface area contributed by atoms with E-state index in [0.29, 0.717) is 10.1 Å². The Morgan fingerprint density at radius 2 is 1.88 bits per heavy atom. The first-order valence-corrected chi connectivity index (χ1v) is 7.74. The second-order valence-electron chi connectivity index (χ2n) is 5.05. The molecule has 0 saturated heterocycles. The van der Waals surface area contributed by atoms with E-state index in [4.69, 9.17) is 0 Å². The van der Waals surface area contributed by atoms with Gasteiger partial charge in [0.1, 0.15) is 0 Å². The van der Waals surface area contributed by atoms with Gasteiger partial charge in [-0.3, -0.25) is 14.9 Å². The summed E-state index contributed by atoms with van der Waals surface area (Å²) in [5, 5.41) is 12.0. The average Bonchev–Trinajstić information content (AvgIpc) is 3.15. The molecule has 0 amide bonds. The van der Waals surface area contributed by atoms with Gasteiger partial charge in [0.05, 0.1) is 9.82 Å². The van der Waals surface area contributed by atoms with Crippen molar-refractivity contribution in [3.05, 3.63) is 64.5 Å². The van der Waals surface area contributed by atoms with E-state index in [-0.39, 0.29) is 22.9 Å². The molecule has 0 radical (unpaired) electrons. The number of ketones is 1. The molecule has 9 heteroatoms. The predicted octanol–water partition coefficient (Wildman–Crippen LogP) is 2.44. The zero-order chi connectivity index (χ0) is 17.3. The van der Waals surface area contributed by atoms with E-state index in [9.17, 15) is 14.9 Å². The molecule has 24 heavy (non-hydrogen) atoms. The highest BCUT2D eigenvalue weighted by atomic mass is 32.2. The largest absolute Gasteiger partial charge is 0.331 e. The van der Waals surface area contributed by atoms with Crippen LogP contribution in [0.4, 0.5) is 5.69 Å². The molecular formula is C15H13N5O3S. The maximum atomic E-state index is 12.5. The molecule has 3 aromatic rings. The number of aryl methyl sites for hydroxylation is 2. The molecule has 2 aromatic heterocycles. The zero-order valence-electron chi connectivity index (χ0n) is 12.9. The lowest BCUT2D eigenvalue weighted by Gasteiger charge is -2.06. The first-order chi connectivity index (χ1) is 11.5. The fourth-order valence-corrected chi connectivity index (χ4v) is 3.04. The second kappa shape index (κ2) is 6.28. The van der Waals surface area contributed by atoms with E-state index in [1.54, 1.807) is 54.0 Å². The van der Waals surface area contributed by atoms with Gasteiger partial charge in [0, 0.05) is 50.5 Å². The van der Waals surface area contributed by atoms with Gasteiger partial charge in [-0.15, -0.1) is 0 Å². The first kappa shape index (κ1) is 15.9. The van der Waals surface area contributed by atoms with Gasteiger partial charge in [-0.1, -0.05) is 0 Å². The summed E-state index contributed by atoms with van der Waals surface area (Å²) in [4.78, 5) is 31.9.